The van der Waals surface area contributed by atoms with Crippen LogP contribution in [0.4, 0.5) is 17.1 Å². The van der Waals surface area contributed by atoms with Crippen LogP contribution in [0.15, 0.2) is 42.5 Å². The molecule has 1 fully saturated rings. The summed E-state index contributed by atoms with van der Waals surface area (Å²) in [7, 11) is 3.10. The van der Waals surface area contributed by atoms with Crippen LogP contribution in [0.5, 0.6) is 11.5 Å². The van der Waals surface area contributed by atoms with Crippen molar-refractivity contribution >= 4 is 28.9 Å². The Morgan fingerprint density at radius 2 is 1.93 bits per heavy atom. The number of nitrogens with one attached hydrogen (secondary N) is 2. The predicted molar refractivity (Wildman–Crippen MR) is 105 cm³/mol. The summed E-state index contributed by atoms with van der Waals surface area (Å²) >= 11 is 0. The first-order valence-electron chi connectivity index (χ1n) is 8.77. The number of ether oxygens (including phenoxy) is 2. The molecule has 7 nitrogen and oxygen atoms in total. The van der Waals surface area contributed by atoms with Gasteiger partial charge in [0.1, 0.15) is 11.5 Å². The summed E-state index contributed by atoms with van der Waals surface area (Å²) in [5.74, 6) is 1.05. The van der Waals surface area contributed by atoms with Gasteiger partial charge >= 0.3 is 0 Å². The maximum absolute atomic E-state index is 12.4. The summed E-state index contributed by atoms with van der Waals surface area (Å²) in [5.41, 5.74) is 2.12. The molecule has 142 valence electrons. The predicted octanol–water partition coefficient (Wildman–Crippen LogP) is 2.88. The van der Waals surface area contributed by atoms with Gasteiger partial charge in [0.25, 0.3) is 0 Å². The SMILES string of the molecule is COc1ccc(NC(=O)CNc2ccccc2N2CCCC2=O)c(OC)c1. The van der Waals surface area contributed by atoms with Gasteiger partial charge in [-0.05, 0) is 30.7 Å². The Morgan fingerprint density at radius 1 is 1.11 bits per heavy atom. The average Bonchev–Trinajstić information content (AvgIpc) is 3.12. The topological polar surface area (TPSA) is 79.9 Å². The van der Waals surface area contributed by atoms with Gasteiger partial charge in [-0.25, -0.2) is 0 Å². The van der Waals surface area contributed by atoms with E-state index in [1.165, 1.54) is 7.11 Å². The third kappa shape index (κ3) is 4.31. The summed E-state index contributed by atoms with van der Waals surface area (Å²) in [6.45, 7) is 0.765. The second-order valence-corrected chi connectivity index (χ2v) is 6.13. The Bertz CT molecular complexity index is 838. The van der Waals surface area contributed by atoms with Crippen molar-refractivity contribution in [2.45, 2.75) is 12.8 Å². The van der Waals surface area contributed by atoms with Crippen LogP contribution in [0, 0.1) is 0 Å². The van der Waals surface area contributed by atoms with Gasteiger partial charge in [-0.3, -0.25) is 9.59 Å². The quantitative estimate of drug-likeness (QED) is 0.784. The van der Waals surface area contributed by atoms with Crippen molar-refractivity contribution < 1.29 is 19.1 Å². The van der Waals surface area contributed by atoms with Crippen LogP contribution < -0.4 is 25.0 Å². The van der Waals surface area contributed by atoms with E-state index in [9.17, 15) is 9.59 Å². The molecule has 0 aliphatic carbocycles. The summed E-state index contributed by atoms with van der Waals surface area (Å²) in [6, 6.07) is 12.7. The largest absolute Gasteiger partial charge is 0.497 e. The fourth-order valence-corrected chi connectivity index (χ4v) is 3.03. The van der Waals surface area contributed by atoms with Gasteiger partial charge in [0, 0.05) is 19.0 Å². The van der Waals surface area contributed by atoms with Crippen molar-refractivity contribution in [3.05, 3.63) is 42.5 Å². The molecule has 1 aliphatic rings. The number of benzene rings is 2. The van der Waals surface area contributed by atoms with Crippen LogP contribution in [0.1, 0.15) is 12.8 Å². The molecule has 2 aromatic carbocycles. The Balaban J connectivity index is 1.66. The molecule has 7 heteroatoms. The molecule has 1 saturated heterocycles. The first-order valence-corrected chi connectivity index (χ1v) is 8.77. The van der Waals surface area contributed by atoms with Crippen LogP contribution in [0.25, 0.3) is 0 Å². The standard InChI is InChI=1S/C20H23N3O4/c1-26-14-9-10-16(18(12-14)27-2)22-19(24)13-21-15-6-3-4-7-17(15)23-11-5-8-20(23)25/h3-4,6-7,9-10,12,21H,5,8,11,13H2,1-2H3,(H,22,24). The summed E-state index contributed by atoms with van der Waals surface area (Å²) < 4.78 is 10.4. The molecule has 0 spiro atoms. The average molecular weight is 369 g/mol. The molecule has 0 bridgehead atoms. The fraction of sp³-hybridized carbons (Fsp3) is 0.300. The van der Waals surface area contributed by atoms with E-state index in [-0.39, 0.29) is 18.4 Å². The highest BCUT2D eigenvalue weighted by molar-refractivity contribution is 5.99. The van der Waals surface area contributed by atoms with Gasteiger partial charge in [-0.15, -0.1) is 0 Å². The zero-order valence-corrected chi connectivity index (χ0v) is 15.5. The fourth-order valence-electron chi connectivity index (χ4n) is 3.03. The minimum Gasteiger partial charge on any atom is -0.497 e. The molecule has 2 amide bonds. The molecular weight excluding hydrogens is 346 g/mol. The van der Waals surface area contributed by atoms with Crippen LogP contribution in [-0.2, 0) is 9.59 Å². The minimum atomic E-state index is -0.221. The minimum absolute atomic E-state index is 0.0637. The number of carbonyl (C=O) groups is 2. The van der Waals surface area contributed by atoms with Gasteiger partial charge in [0.2, 0.25) is 11.8 Å². The zero-order valence-electron chi connectivity index (χ0n) is 15.5. The van der Waals surface area contributed by atoms with Crippen LogP contribution in [-0.4, -0.2) is 39.1 Å². The van der Waals surface area contributed by atoms with Crippen molar-refractivity contribution in [2.75, 3.05) is 42.8 Å². The van der Waals surface area contributed by atoms with Crippen molar-refractivity contribution in [3.8, 4) is 11.5 Å². The summed E-state index contributed by atoms with van der Waals surface area (Å²) in [5, 5.41) is 5.94. The normalized spacial score (nSPS) is 13.4. The molecule has 2 aromatic rings. The van der Waals surface area contributed by atoms with E-state index >= 15 is 0 Å². The summed E-state index contributed by atoms with van der Waals surface area (Å²) in [6.07, 6.45) is 1.41. The molecule has 3 rings (SSSR count). The highest BCUT2D eigenvalue weighted by Gasteiger charge is 2.23. The third-order valence-electron chi connectivity index (χ3n) is 4.39. The van der Waals surface area contributed by atoms with Gasteiger partial charge < -0.3 is 25.0 Å². The molecule has 1 aliphatic heterocycles. The molecule has 0 atom stereocenters. The number of methoxy groups -OCH3 is 2. The second-order valence-electron chi connectivity index (χ2n) is 6.13. The lowest BCUT2D eigenvalue weighted by Crippen LogP contribution is -2.26. The number of carbonyl (C=O) groups excluding carboxylic acids is 2. The van der Waals surface area contributed by atoms with E-state index in [0.29, 0.717) is 30.2 Å². The van der Waals surface area contributed by atoms with E-state index in [2.05, 4.69) is 10.6 Å². The van der Waals surface area contributed by atoms with Crippen LogP contribution in [0.2, 0.25) is 0 Å². The van der Waals surface area contributed by atoms with E-state index in [1.54, 1.807) is 30.2 Å². The third-order valence-corrected chi connectivity index (χ3v) is 4.39. The van der Waals surface area contributed by atoms with Crippen molar-refractivity contribution in [1.82, 2.24) is 0 Å². The molecule has 27 heavy (non-hydrogen) atoms. The van der Waals surface area contributed by atoms with Crippen molar-refractivity contribution in [1.29, 1.82) is 0 Å². The maximum atomic E-state index is 12.4. The molecule has 2 N–H and O–H groups in total. The first-order chi connectivity index (χ1) is 13.1. The Hall–Kier alpha value is -3.22. The van der Waals surface area contributed by atoms with Crippen LogP contribution in [0.3, 0.4) is 0 Å². The molecule has 0 saturated carbocycles. The van der Waals surface area contributed by atoms with Crippen molar-refractivity contribution in [3.63, 3.8) is 0 Å². The van der Waals surface area contributed by atoms with Gasteiger partial charge in [-0.2, -0.15) is 0 Å². The maximum Gasteiger partial charge on any atom is 0.243 e. The highest BCUT2D eigenvalue weighted by Crippen LogP contribution is 2.30. The van der Waals surface area contributed by atoms with Gasteiger partial charge in [-0.1, -0.05) is 12.1 Å². The van der Waals surface area contributed by atoms with E-state index < -0.39 is 0 Å². The number of rotatable bonds is 7. The first kappa shape index (κ1) is 18.6. The van der Waals surface area contributed by atoms with Gasteiger partial charge in [0.15, 0.2) is 0 Å². The number of hydrogen-bond acceptors (Lipinski definition) is 5. The number of para-hydroxylation sites is 2. The number of hydrogen-bond donors (Lipinski definition) is 2. The van der Waals surface area contributed by atoms with E-state index in [0.717, 1.165) is 17.8 Å². The molecular formula is C20H23N3O4. The lowest BCUT2D eigenvalue weighted by Gasteiger charge is -2.20. The second kappa shape index (κ2) is 8.44. The van der Waals surface area contributed by atoms with Gasteiger partial charge in [0.05, 0.1) is 37.8 Å². The Kier molecular flexibility index (Phi) is 5.80. The lowest BCUT2D eigenvalue weighted by atomic mass is 10.2. The van der Waals surface area contributed by atoms with Crippen LogP contribution >= 0.6 is 0 Å². The monoisotopic (exact) mass is 369 g/mol. The number of amides is 2. The zero-order chi connectivity index (χ0) is 19.2. The smallest absolute Gasteiger partial charge is 0.243 e. The highest BCUT2D eigenvalue weighted by atomic mass is 16.5. The van der Waals surface area contributed by atoms with Crippen molar-refractivity contribution in [2.24, 2.45) is 0 Å². The molecule has 1 heterocycles. The lowest BCUT2D eigenvalue weighted by molar-refractivity contribution is -0.117. The molecule has 0 unspecified atom stereocenters. The molecule has 0 aromatic heterocycles. The Morgan fingerprint density at radius 3 is 2.63 bits per heavy atom. The summed E-state index contributed by atoms with van der Waals surface area (Å²) in [4.78, 5) is 26.1. The van der Waals surface area contributed by atoms with E-state index in [4.69, 9.17) is 9.47 Å². The number of anilines is 3. The Labute approximate surface area is 158 Å². The van der Waals surface area contributed by atoms with E-state index in [1.807, 2.05) is 24.3 Å². The molecule has 0 radical (unpaired) electrons. The number of nitrogens with zero attached hydrogens (tertiary/aromatic N) is 1.